The second-order valence-corrected chi connectivity index (χ2v) is 6.96. The molecule has 2 aromatic rings. The Hall–Kier alpha value is -2.33. The Kier molecular flexibility index (Phi) is 6.29. The molecule has 138 valence electrons. The van der Waals surface area contributed by atoms with Gasteiger partial charge in [0.05, 0.1) is 12.2 Å². The topological polar surface area (TPSA) is 49.8 Å². The van der Waals surface area contributed by atoms with E-state index in [1.165, 1.54) is 31.4 Å². The number of Topliss-reactive ketones (excluding diaryl/α,β-unsaturated/α-hetero) is 1. The Bertz CT molecular complexity index is 721. The maximum absolute atomic E-state index is 11.3. The van der Waals surface area contributed by atoms with Gasteiger partial charge in [0.1, 0.15) is 11.5 Å². The Balaban J connectivity index is 1.37. The Labute approximate surface area is 155 Å². The molecular formula is C22H27NO3. The van der Waals surface area contributed by atoms with E-state index in [9.17, 15) is 9.90 Å². The Morgan fingerprint density at radius 1 is 1.15 bits per heavy atom. The fraction of sp³-hybridized carbons (Fsp3) is 0.409. The van der Waals surface area contributed by atoms with E-state index in [1.54, 1.807) is 12.1 Å². The molecule has 0 spiro atoms. The lowest BCUT2D eigenvalue weighted by molar-refractivity contribution is 0.101. The lowest BCUT2D eigenvalue weighted by Gasteiger charge is -2.32. The van der Waals surface area contributed by atoms with Gasteiger partial charge in [-0.25, -0.2) is 0 Å². The normalized spacial score (nSPS) is 15.7. The van der Waals surface area contributed by atoms with Crippen LogP contribution in [0.3, 0.4) is 0 Å². The van der Waals surface area contributed by atoms with Crippen LogP contribution in [0.2, 0.25) is 0 Å². The van der Waals surface area contributed by atoms with Crippen LogP contribution in [0.5, 0.6) is 11.5 Å². The number of likely N-dealkylation sites (tertiary alicyclic amines) is 1. The fourth-order valence-electron chi connectivity index (χ4n) is 3.59. The molecule has 4 nitrogen and oxygen atoms in total. The molecule has 0 atom stereocenters. The number of hydrogen-bond donors (Lipinski definition) is 1. The van der Waals surface area contributed by atoms with Gasteiger partial charge in [0.15, 0.2) is 5.78 Å². The molecule has 2 aromatic carbocycles. The molecule has 1 fully saturated rings. The van der Waals surface area contributed by atoms with Gasteiger partial charge in [-0.05, 0) is 62.9 Å². The van der Waals surface area contributed by atoms with Crippen LogP contribution in [0.1, 0.15) is 48.0 Å². The summed E-state index contributed by atoms with van der Waals surface area (Å²) >= 11 is 0. The number of carbonyl (C=O) groups excluding carboxylic acids is 1. The fourth-order valence-corrected chi connectivity index (χ4v) is 3.59. The predicted molar refractivity (Wildman–Crippen MR) is 103 cm³/mol. The van der Waals surface area contributed by atoms with Gasteiger partial charge in [-0.15, -0.1) is 0 Å². The molecule has 0 amide bonds. The molecule has 1 N–H and O–H groups in total. The maximum atomic E-state index is 11.3. The minimum Gasteiger partial charge on any atom is -0.507 e. The average molecular weight is 353 g/mol. The van der Waals surface area contributed by atoms with Crippen molar-refractivity contribution < 1.29 is 14.6 Å². The zero-order valence-electron chi connectivity index (χ0n) is 15.4. The van der Waals surface area contributed by atoms with E-state index in [-0.39, 0.29) is 11.5 Å². The average Bonchev–Trinajstić information content (AvgIpc) is 2.66. The zero-order valence-corrected chi connectivity index (χ0v) is 15.4. The van der Waals surface area contributed by atoms with Crippen LogP contribution in [0, 0.1) is 0 Å². The van der Waals surface area contributed by atoms with Crippen molar-refractivity contribution in [2.75, 3.05) is 26.2 Å². The van der Waals surface area contributed by atoms with E-state index < -0.39 is 0 Å². The summed E-state index contributed by atoms with van der Waals surface area (Å²) in [5.74, 6) is 1.13. The number of piperidine rings is 1. The molecule has 0 radical (unpaired) electrons. The quantitative estimate of drug-likeness (QED) is 0.597. The number of ketones is 1. The first-order valence-corrected chi connectivity index (χ1v) is 9.37. The smallest absolute Gasteiger partial charge is 0.163 e. The standard InChI is InChI=1S/C22H27NO3/c1-17(24)21-9-8-20(16-22(21)25)26-15-5-12-23-13-10-19(11-14-23)18-6-3-2-4-7-18/h2-4,6-9,16,19,25H,5,10-15H2,1H3. The van der Waals surface area contributed by atoms with Crippen molar-refractivity contribution in [3.05, 3.63) is 59.7 Å². The van der Waals surface area contributed by atoms with Gasteiger partial charge >= 0.3 is 0 Å². The lowest BCUT2D eigenvalue weighted by Crippen LogP contribution is -2.34. The third-order valence-electron chi connectivity index (χ3n) is 5.09. The highest BCUT2D eigenvalue weighted by Gasteiger charge is 2.19. The summed E-state index contributed by atoms with van der Waals surface area (Å²) in [6.45, 7) is 5.34. The molecule has 1 aliphatic rings. The minimum atomic E-state index is -0.145. The summed E-state index contributed by atoms with van der Waals surface area (Å²) in [5, 5.41) is 9.83. The monoisotopic (exact) mass is 353 g/mol. The maximum Gasteiger partial charge on any atom is 0.163 e. The van der Waals surface area contributed by atoms with Gasteiger partial charge in [-0.2, -0.15) is 0 Å². The molecule has 0 unspecified atom stereocenters. The zero-order chi connectivity index (χ0) is 18.4. The molecule has 4 heteroatoms. The van der Waals surface area contributed by atoms with Crippen molar-refractivity contribution in [1.29, 1.82) is 0 Å². The van der Waals surface area contributed by atoms with Crippen LogP contribution in [-0.2, 0) is 0 Å². The first kappa shape index (κ1) is 18.5. The van der Waals surface area contributed by atoms with Crippen molar-refractivity contribution in [2.45, 2.75) is 32.1 Å². The van der Waals surface area contributed by atoms with Crippen molar-refractivity contribution in [3.63, 3.8) is 0 Å². The van der Waals surface area contributed by atoms with Crippen LogP contribution in [0.15, 0.2) is 48.5 Å². The van der Waals surface area contributed by atoms with Crippen LogP contribution >= 0.6 is 0 Å². The summed E-state index contributed by atoms with van der Waals surface area (Å²) in [6, 6.07) is 15.7. The molecule has 0 bridgehead atoms. The van der Waals surface area contributed by atoms with E-state index in [0.29, 0.717) is 23.8 Å². The van der Waals surface area contributed by atoms with Gasteiger partial charge in [-0.1, -0.05) is 30.3 Å². The SMILES string of the molecule is CC(=O)c1ccc(OCCCN2CCC(c3ccccc3)CC2)cc1O. The van der Waals surface area contributed by atoms with E-state index in [4.69, 9.17) is 4.74 Å². The number of rotatable bonds is 7. The number of carbonyl (C=O) groups is 1. The Morgan fingerprint density at radius 2 is 1.88 bits per heavy atom. The van der Waals surface area contributed by atoms with Gasteiger partial charge in [0.25, 0.3) is 0 Å². The van der Waals surface area contributed by atoms with Crippen molar-refractivity contribution in [3.8, 4) is 11.5 Å². The Morgan fingerprint density at radius 3 is 2.54 bits per heavy atom. The first-order chi connectivity index (χ1) is 12.6. The third-order valence-corrected chi connectivity index (χ3v) is 5.09. The second-order valence-electron chi connectivity index (χ2n) is 6.96. The minimum absolute atomic E-state index is 0.0158. The van der Waals surface area contributed by atoms with Crippen molar-refractivity contribution >= 4 is 5.78 Å². The summed E-state index contributed by atoms with van der Waals surface area (Å²) < 4.78 is 5.71. The number of hydrogen-bond acceptors (Lipinski definition) is 4. The largest absolute Gasteiger partial charge is 0.507 e. The van der Waals surface area contributed by atoms with Crippen LogP contribution in [0.4, 0.5) is 0 Å². The van der Waals surface area contributed by atoms with Crippen LogP contribution in [0.25, 0.3) is 0 Å². The number of phenols is 1. The molecule has 1 heterocycles. The highest BCUT2D eigenvalue weighted by molar-refractivity contribution is 5.96. The summed E-state index contributed by atoms with van der Waals surface area (Å²) in [6.07, 6.45) is 3.38. The summed E-state index contributed by atoms with van der Waals surface area (Å²) in [7, 11) is 0. The van der Waals surface area contributed by atoms with Gasteiger partial charge in [-0.3, -0.25) is 4.79 Å². The first-order valence-electron chi connectivity index (χ1n) is 9.37. The molecule has 1 aliphatic heterocycles. The number of phenolic OH excluding ortho intramolecular Hbond substituents is 1. The van der Waals surface area contributed by atoms with E-state index in [1.807, 2.05) is 0 Å². The number of nitrogens with zero attached hydrogens (tertiary/aromatic N) is 1. The van der Waals surface area contributed by atoms with E-state index in [2.05, 4.69) is 35.2 Å². The highest BCUT2D eigenvalue weighted by atomic mass is 16.5. The predicted octanol–water partition coefficient (Wildman–Crippen LogP) is 4.24. The lowest BCUT2D eigenvalue weighted by atomic mass is 9.89. The molecule has 0 aromatic heterocycles. The van der Waals surface area contributed by atoms with Gasteiger partial charge < -0.3 is 14.7 Å². The van der Waals surface area contributed by atoms with E-state index >= 15 is 0 Å². The van der Waals surface area contributed by atoms with Crippen LogP contribution in [-0.4, -0.2) is 42.0 Å². The molecule has 0 saturated carbocycles. The van der Waals surface area contributed by atoms with Crippen molar-refractivity contribution in [2.24, 2.45) is 0 Å². The molecule has 3 rings (SSSR count). The van der Waals surface area contributed by atoms with Crippen molar-refractivity contribution in [1.82, 2.24) is 4.90 Å². The summed E-state index contributed by atoms with van der Waals surface area (Å²) in [4.78, 5) is 13.8. The van der Waals surface area contributed by atoms with Gasteiger partial charge in [0.2, 0.25) is 0 Å². The third kappa shape index (κ3) is 4.85. The van der Waals surface area contributed by atoms with Crippen LogP contribution < -0.4 is 4.74 Å². The summed E-state index contributed by atoms with van der Waals surface area (Å²) in [5.41, 5.74) is 1.79. The highest BCUT2D eigenvalue weighted by Crippen LogP contribution is 2.28. The number of aromatic hydroxyl groups is 1. The molecular weight excluding hydrogens is 326 g/mol. The molecule has 0 aliphatic carbocycles. The molecule has 1 saturated heterocycles. The number of ether oxygens (including phenoxy) is 1. The van der Waals surface area contributed by atoms with E-state index in [0.717, 1.165) is 26.1 Å². The molecule has 26 heavy (non-hydrogen) atoms. The number of benzene rings is 2. The second kappa shape index (κ2) is 8.86. The van der Waals surface area contributed by atoms with Gasteiger partial charge in [0, 0.05) is 12.6 Å².